The first-order chi connectivity index (χ1) is 27.0. The second kappa shape index (κ2) is 14.8. The first-order valence-corrected chi connectivity index (χ1v) is 20.0. The Hall–Kier alpha value is -5.42. The summed E-state index contributed by atoms with van der Waals surface area (Å²) in [5, 5.41) is 12.9. The van der Waals surface area contributed by atoms with Gasteiger partial charge < -0.3 is 28.7 Å². The Morgan fingerprint density at radius 2 is 1.81 bits per heavy atom. The molecule has 5 heterocycles. The van der Waals surface area contributed by atoms with Crippen LogP contribution < -0.4 is 15.0 Å². The normalized spacial score (nSPS) is 19.7. The van der Waals surface area contributed by atoms with Gasteiger partial charge in [-0.1, -0.05) is 31.2 Å². The standard InChI is InChI=1S/C41H45N5O10S/c1-7-41(31-19-33-36-26(18-25-10-8-9-11-32(25)43-36)22-45(33)37(48)30(31)24-55-38(41)49)56-35(47)21-42-34(44-57(51,52)29-14-12-28(53-6)13-15-29)16-17-54-23-27-20-39(2,3)46(50)40(27,4)5/h8-15,18-20,50H,7,16-17,21-24H2,1-6H3,(H,42,44)/t41-/m0/s1. The van der Waals surface area contributed by atoms with Crippen LogP contribution in [0.2, 0.25) is 0 Å². The minimum atomic E-state index is -4.18. The topological polar surface area (TPSA) is 188 Å². The van der Waals surface area contributed by atoms with E-state index in [4.69, 9.17) is 23.9 Å². The Labute approximate surface area is 329 Å². The highest BCUT2D eigenvalue weighted by Crippen LogP contribution is 2.41. The Morgan fingerprint density at radius 3 is 2.49 bits per heavy atom. The lowest BCUT2D eigenvalue weighted by Gasteiger charge is -2.36. The van der Waals surface area contributed by atoms with Gasteiger partial charge in [0.25, 0.3) is 15.6 Å². The molecule has 300 valence electrons. The Balaban J connectivity index is 1.15. The molecule has 0 unspecified atom stereocenters. The summed E-state index contributed by atoms with van der Waals surface area (Å²) >= 11 is 0. The largest absolute Gasteiger partial charge is 0.497 e. The molecule has 3 aliphatic rings. The van der Waals surface area contributed by atoms with E-state index in [2.05, 4.69) is 9.71 Å². The van der Waals surface area contributed by atoms with Crippen LogP contribution in [-0.4, -0.2) is 84.0 Å². The predicted octanol–water partition coefficient (Wildman–Crippen LogP) is 4.61. The number of hydroxylamine groups is 2. The zero-order chi connectivity index (χ0) is 40.9. The number of hydrogen-bond donors (Lipinski definition) is 2. The second-order valence-electron chi connectivity index (χ2n) is 15.3. The minimum absolute atomic E-state index is 0.00324. The molecule has 0 fully saturated rings. The van der Waals surface area contributed by atoms with Crippen molar-refractivity contribution < 1.29 is 42.2 Å². The van der Waals surface area contributed by atoms with Crippen molar-refractivity contribution in [1.82, 2.24) is 19.3 Å². The average molecular weight is 800 g/mol. The number of sulfonamides is 1. The maximum absolute atomic E-state index is 13.9. The number of benzene rings is 2. The van der Waals surface area contributed by atoms with Gasteiger partial charge in [0.15, 0.2) is 0 Å². The van der Waals surface area contributed by atoms with Gasteiger partial charge in [0.2, 0.25) is 5.60 Å². The third-order valence-corrected chi connectivity index (χ3v) is 12.2. The summed E-state index contributed by atoms with van der Waals surface area (Å²) in [6.45, 7) is 8.56. The number of carbonyl (C=O) groups excluding carboxylic acids is 2. The number of para-hydroxylation sites is 1. The van der Waals surface area contributed by atoms with E-state index in [1.165, 1.54) is 36.4 Å². The van der Waals surface area contributed by atoms with E-state index < -0.39 is 45.2 Å². The molecule has 0 aliphatic carbocycles. The summed E-state index contributed by atoms with van der Waals surface area (Å²) in [5.74, 6) is -1.44. The van der Waals surface area contributed by atoms with Crippen LogP contribution in [0.1, 0.15) is 64.2 Å². The average Bonchev–Trinajstić information content (AvgIpc) is 3.62. The number of fused-ring (bicyclic) bond motifs is 5. The van der Waals surface area contributed by atoms with Crippen molar-refractivity contribution in [2.75, 3.05) is 26.9 Å². The third kappa shape index (κ3) is 7.22. The van der Waals surface area contributed by atoms with Gasteiger partial charge in [-0.25, -0.2) is 23.0 Å². The Bertz CT molecular complexity index is 2510. The molecule has 0 spiro atoms. The van der Waals surface area contributed by atoms with Gasteiger partial charge in [0.1, 0.15) is 24.7 Å². The molecule has 57 heavy (non-hydrogen) atoms. The van der Waals surface area contributed by atoms with E-state index in [1.54, 1.807) is 17.6 Å². The van der Waals surface area contributed by atoms with E-state index in [1.807, 2.05) is 64.1 Å². The molecule has 0 saturated carbocycles. The summed E-state index contributed by atoms with van der Waals surface area (Å²) in [6, 6.07) is 17.0. The first kappa shape index (κ1) is 39.8. The van der Waals surface area contributed by atoms with Crippen LogP contribution in [-0.2, 0) is 52.6 Å². The summed E-state index contributed by atoms with van der Waals surface area (Å²) in [7, 11) is -2.72. The number of amidine groups is 1. The zero-order valence-electron chi connectivity index (χ0n) is 32.6. The Morgan fingerprint density at radius 1 is 1.07 bits per heavy atom. The zero-order valence-corrected chi connectivity index (χ0v) is 33.4. The minimum Gasteiger partial charge on any atom is -0.497 e. The molecule has 2 aromatic carbocycles. The van der Waals surface area contributed by atoms with Crippen LogP contribution in [0.4, 0.5) is 0 Å². The lowest BCUT2D eigenvalue weighted by Crippen LogP contribution is -2.48. The van der Waals surface area contributed by atoms with Gasteiger partial charge in [-0.05, 0) is 82.2 Å². The van der Waals surface area contributed by atoms with Gasteiger partial charge in [-0.2, -0.15) is 5.06 Å². The molecule has 2 aromatic heterocycles. The Kier molecular flexibility index (Phi) is 10.4. The highest BCUT2D eigenvalue weighted by Gasteiger charge is 2.50. The lowest BCUT2D eigenvalue weighted by atomic mass is 9.85. The van der Waals surface area contributed by atoms with Gasteiger partial charge >= 0.3 is 11.9 Å². The summed E-state index contributed by atoms with van der Waals surface area (Å²) in [5.41, 5.74) is 0.212. The van der Waals surface area contributed by atoms with Crippen molar-refractivity contribution in [2.24, 2.45) is 4.99 Å². The lowest BCUT2D eigenvalue weighted by molar-refractivity contribution is -0.188. The van der Waals surface area contributed by atoms with Gasteiger partial charge in [-0.15, -0.1) is 0 Å². The molecule has 0 radical (unpaired) electrons. The summed E-state index contributed by atoms with van der Waals surface area (Å²) < 4.78 is 53.5. The second-order valence-corrected chi connectivity index (χ2v) is 17.0. The quantitative estimate of drug-likeness (QED) is 0.0588. The molecule has 7 rings (SSSR count). The van der Waals surface area contributed by atoms with Crippen molar-refractivity contribution in [2.45, 2.75) is 82.2 Å². The molecule has 2 N–H and O–H groups in total. The number of nitrogens with one attached hydrogen (secondary N) is 1. The highest BCUT2D eigenvalue weighted by molar-refractivity contribution is 7.90. The number of hydrogen-bond acceptors (Lipinski definition) is 13. The van der Waals surface area contributed by atoms with E-state index >= 15 is 0 Å². The number of aliphatic imine (C=N–C) groups is 1. The number of cyclic esters (lactones) is 1. The number of pyridine rings is 2. The molecule has 4 aromatic rings. The number of rotatable bonds is 12. The van der Waals surface area contributed by atoms with Gasteiger partial charge in [-0.3, -0.25) is 14.5 Å². The molecule has 0 saturated heterocycles. The van der Waals surface area contributed by atoms with E-state index in [-0.39, 0.29) is 66.6 Å². The number of nitrogens with zero attached hydrogens (tertiary/aromatic N) is 4. The maximum Gasteiger partial charge on any atom is 0.355 e. The molecular weight excluding hydrogens is 755 g/mol. The molecule has 15 nitrogen and oxygen atoms in total. The van der Waals surface area contributed by atoms with Crippen molar-refractivity contribution >= 4 is 38.7 Å². The smallest absolute Gasteiger partial charge is 0.355 e. The van der Waals surface area contributed by atoms with Crippen molar-refractivity contribution in [3.63, 3.8) is 0 Å². The van der Waals surface area contributed by atoms with Gasteiger partial charge in [0, 0.05) is 22.9 Å². The van der Waals surface area contributed by atoms with Crippen LogP contribution in [0, 0.1) is 0 Å². The molecular formula is C41H45N5O10S. The fourth-order valence-electron chi connectivity index (χ4n) is 7.69. The summed E-state index contributed by atoms with van der Waals surface area (Å²) in [6.07, 6.45) is 1.80. The fraction of sp³-hybridized carbons (Fsp3) is 0.390. The maximum atomic E-state index is 13.9. The number of carbonyl (C=O) groups is 2. The highest BCUT2D eigenvalue weighted by atomic mass is 32.2. The van der Waals surface area contributed by atoms with Crippen molar-refractivity contribution in [1.29, 1.82) is 0 Å². The van der Waals surface area contributed by atoms with Crippen LogP contribution in [0.3, 0.4) is 0 Å². The van der Waals surface area contributed by atoms with Crippen LogP contribution in [0.15, 0.2) is 87.0 Å². The summed E-state index contributed by atoms with van der Waals surface area (Å²) in [4.78, 5) is 50.3. The monoisotopic (exact) mass is 799 g/mol. The number of ether oxygens (including phenoxy) is 4. The molecule has 0 bridgehead atoms. The van der Waals surface area contributed by atoms with Gasteiger partial charge in [0.05, 0.1) is 65.3 Å². The fourth-order valence-corrected chi connectivity index (χ4v) is 8.78. The van der Waals surface area contributed by atoms with E-state index in [0.717, 1.165) is 22.0 Å². The van der Waals surface area contributed by atoms with Crippen molar-refractivity contribution in [3.8, 4) is 17.1 Å². The van der Waals surface area contributed by atoms with Crippen LogP contribution in [0.5, 0.6) is 5.75 Å². The molecule has 0 amide bonds. The molecule has 1 atom stereocenters. The number of esters is 2. The van der Waals surface area contributed by atoms with Crippen LogP contribution >= 0.6 is 0 Å². The van der Waals surface area contributed by atoms with Crippen LogP contribution in [0.25, 0.3) is 22.3 Å². The van der Waals surface area contributed by atoms with E-state index in [9.17, 15) is 28.0 Å². The van der Waals surface area contributed by atoms with E-state index in [0.29, 0.717) is 17.1 Å². The predicted molar refractivity (Wildman–Crippen MR) is 209 cm³/mol. The molecule has 16 heteroatoms. The third-order valence-electron chi connectivity index (χ3n) is 10.8. The number of aromatic nitrogens is 2. The first-order valence-electron chi connectivity index (χ1n) is 18.6. The SMILES string of the molecule is CC[C@@]1(OC(=O)CN=C(CCOCC2=CC(C)(C)N(O)C2(C)C)NS(=O)(=O)c2ccc(OC)cc2)C(=O)OCc2c1cc1n(c2=O)Cc2cc3ccccc3nc2-1. The van der Waals surface area contributed by atoms with Crippen molar-refractivity contribution in [3.05, 3.63) is 99.4 Å². The molecule has 3 aliphatic heterocycles. The number of methoxy groups -OCH3 is 1.